The van der Waals surface area contributed by atoms with Gasteiger partial charge < -0.3 is 55.3 Å². The second kappa shape index (κ2) is 9.84. The molecule has 12 nitrogen and oxygen atoms in total. The van der Waals surface area contributed by atoms with Crippen molar-refractivity contribution in [1.82, 2.24) is 5.32 Å². The summed E-state index contributed by atoms with van der Waals surface area (Å²) in [5.41, 5.74) is 0. The lowest BCUT2D eigenvalue weighted by molar-refractivity contribution is -0.343. The van der Waals surface area contributed by atoms with Crippen molar-refractivity contribution in [3.05, 3.63) is 0 Å². The number of amides is 1. The van der Waals surface area contributed by atoms with Gasteiger partial charge in [0.2, 0.25) is 5.91 Å². The van der Waals surface area contributed by atoms with E-state index < -0.39 is 80.5 Å². The summed E-state index contributed by atoms with van der Waals surface area (Å²) in [4.78, 5) is 11.5. The molecule has 2 saturated heterocycles. The molecule has 0 unspecified atom stereocenters. The Morgan fingerprint density at radius 1 is 0.889 bits per heavy atom. The van der Waals surface area contributed by atoms with E-state index in [0.717, 1.165) is 0 Å². The van der Waals surface area contributed by atoms with Crippen molar-refractivity contribution in [1.29, 1.82) is 0 Å². The molecule has 0 radical (unpaired) electrons. The van der Waals surface area contributed by atoms with Crippen LogP contribution in [-0.2, 0) is 19.0 Å². The molecule has 0 aliphatic carbocycles. The Bertz CT molecular complexity index is 496. The van der Waals surface area contributed by atoms with Crippen molar-refractivity contribution in [2.24, 2.45) is 0 Å². The number of alkyl halides is 1. The molecular formula is C14H24BrNO11. The van der Waals surface area contributed by atoms with Crippen molar-refractivity contribution in [2.45, 2.75) is 61.3 Å². The van der Waals surface area contributed by atoms with Gasteiger partial charge in [0.25, 0.3) is 0 Å². The zero-order valence-corrected chi connectivity index (χ0v) is 15.6. The third-order valence-electron chi connectivity index (χ3n) is 4.43. The maximum Gasteiger partial charge on any atom is 0.232 e. The van der Waals surface area contributed by atoms with Crippen LogP contribution < -0.4 is 5.32 Å². The number of rotatable bonds is 6. The van der Waals surface area contributed by atoms with Crippen LogP contribution in [0.25, 0.3) is 0 Å². The number of carbonyl (C=O) groups is 1. The second-order valence-corrected chi connectivity index (χ2v) is 6.82. The Labute approximate surface area is 162 Å². The fourth-order valence-electron chi connectivity index (χ4n) is 2.91. The largest absolute Gasteiger partial charge is 0.394 e. The van der Waals surface area contributed by atoms with Crippen molar-refractivity contribution in [3.8, 4) is 0 Å². The molecule has 0 aromatic rings. The highest BCUT2D eigenvalue weighted by molar-refractivity contribution is 9.09. The van der Waals surface area contributed by atoms with Gasteiger partial charge in [-0.2, -0.15) is 0 Å². The van der Waals surface area contributed by atoms with E-state index in [0.29, 0.717) is 0 Å². The van der Waals surface area contributed by atoms with E-state index >= 15 is 0 Å². The molecule has 8 N–H and O–H groups in total. The fraction of sp³-hybridized carbons (Fsp3) is 0.929. The number of aliphatic hydroxyl groups is 7. The van der Waals surface area contributed by atoms with Crippen LogP contribution in [-0.4, -0.2) is 122 Å². The highest BCUT2D eigenvalue weighted by Gasteiger charge is 2.50. The summed E-state index contributed by atoms with van der Waals surface area (Å²) in [6.45, 7) is -1.35. The predicted molar refractivity (Wildman–Crippen MR) is 88.3 cm³/mol. The smallest absolute Gasteiger partial charge is 0.232 e. The van der Waals surface area contributed by atoms with Crippen molar-refractivity contribution < 1.29 is 54.8 Å². The molecule has 13 heteroatoms. The van der Waals surface area contributed by atoms with Crippen LogP contribution in [0.2, 0.25) is 0 Å². The summed E-state index contributed by atoms with van der Waals surface area (Å²) in [7, 11) is 0. The number of nitrogens with one attached hydrogen (secondary N) is 1. The van der Waals surface area contributed by atoms with Gasteiger partial charge in [0.15, 0.2) is 12.5 Å². The van der Waals surface area contributed by atoms with Crippen molar-refractivity contribution in [3.63, 3.8) is 0 Å². The fourth-order valence-corrected chi connectivity index (χ4v) is 3.07. The molecule has 10 atom stereocenters. The van der Waals surface area contributed by atoms with Gasteiger partial charge in [-0.25, -0.2) is 0 Å². The van der Waals surface area contributed by atoms with E-state index in [2.05, 4.69) is 21.2 Å². The minimum atomic E-state index is -1.74. The van der Waals surface area contributed by atoms with Gasteiger partial charge >= 0.3 is 0 Å². The molecule has 2 rings (SSSR count). The molecular weight excluding hydrogens is 438 g/mol. The molecule has 158 valence electrons. The maximum atomic E-state index is 11.5. The Hall–Kier alpha value is -0.450. The van der Waals surface area contributed by atoms with Crippen LogP contribution in [0.1, 0.15) is 0 Å². The molecule has 27 heavy (non-hydrogen) atoms. The molecule has 1 amide bonds. The second-order valence-electron chi connectivity index (χ2n) is 6.26. The zero-order valence-electron chi connectivity index (χ0n) is 14.0. The average molecular weight is 462 g/mol. The molecule has 2 heterocycles. The van der Waals surface area contributed by atoms with Crippen LogP contribution in [0.5, 0.6) is 0 Å². The topological polar surface area (TPSA) is 198 Å². The number of hydrogen-bond acceptors (Lipinski definition) is 11. The Morgan fingerprint density at radius 2 is 1.52 bits per heavy atom. The SMILES string of the molecule is O=C(CBr)N[C@@H]1O[C@H](CO)[C@@H](O[C@@H]2O[C@H](CO)[C@@H](O)[C@H](O)[C@H]2O)[C@H](O)[C@H]1O. The van der Waals surface area contributed by atoms with Gasteiger partial charge in [-0.3, -0.25) is 4.79 Å². The van der Waals surface area contributed by atoms with Gasteiger partial charge in [0.05, 0.1) is 18.5 Å². The summed E-state index contributed by atoms with van der Waals surface area (Å²) in [6.07, 6.45) is -15.1. The van der Waals surface area contributed by atoms with Crippen LogP contribution in [0.3, 0.4) is 0 Å². The summed E-state index contributed by atoms with van der Waals surface area (Å²) >= 11 is 2.92. The lowest BCUT2D eigenvalue weighted by Crippen LogP contribution is -2.66. The molecule has 0 spiro atoms. The van der Waals surface area contributed by atoms with E-state index in [1.165, 1.54) is 0 Å². The number of carbonyl (C=O) groups excluding carboxylic acids is 1. The number of aliphatic hydroxyl groups excluding tert-OH is 7. The minimum absolute atomic E-state index is 0.0791. The molecule has 2 aliphatic heterocycles. The van der Waals surface area contributed by atoms with Crippen LogP contribution >= 0.6 is 15.9 Å². The van der Waals surface area contributed by atoms with E-state index in [9.17, 15) is 40.5 Å². The Morgan fingerprint density at radius 3 is 2.07 bits per heavy atom. The Balaban J connectivity index is 2.11. The first kappa shape index (κ1) is 22.8. The van der Waals surface area contributed by atoms with E-state index in [4.69, 9.17) is 14.2 Å². The summed E-state index contributed by atoms with van der Waals surface area (Å²) in [5.74, 6) is -0.531. The zero-order chi connectivity index (χ0) is 20.3. The summed E-state index contributed by atoms with van der Waals surface area (Å²) in [6, 6.07) is 0. The molecule has 0 saturated carbocycles. The molecule has 2 aliphatic rings. The van der Waals surface area contributed by atoms with Crippen LogP contribution in [0, 0.1) is 0 Å². The lowest BCUT2D eigenvalue weighted by Gasteiger charge is -2.46. The summed E-state index contributed by atoms with van der Waals surface area (Å²) < 4.78 is 15.9. The standard InChI is InChI=1S/C14H24BrNO11/c15-1-6(19)16-13-10(23)9(22)12(5(3-18)25-13)27-14-11(24)8(21)7(20)4(2-17)26-14/h4-5,7-14,17-18,20-24H,1-3H2,(H,16,19)/t4-,5-,7-,8+,9-,10-,11-,12-,13-,14+/m1/s1. The summed E-state index contributed by atoms with van der Waals surface area (Å²) in [5, 5.41) is 71.0. The molecule has 0 bridgehead atoms. The first-order valence-electron chi connectivity index (χ1n) is 8.18. The van der Waals surface area contributed by atoms with E-state index in [1.54, 1.807) is 0 Å². The van der Waals surface area contributed by atoms with Crippen molar-refractivity contribution in [2.75, 3.05) is 18.5 Å². The van der Waals surface area contributed by atoms with Crippen molar-refractivity contribution >= 4 is 21.8 Å². The average Bonchev–Trinajstić information content (AvgIpc) is 2.67. The Kier molecular flexibility index (Phi) is 8.33. The van der Waals surface area contributed by atoms with Crippen LogP contribution in [0.4, 0.5) is 0 Å². The number of hydrogen-bond donors (Lipinski definition) is 8. The maximum absolute atomic E-state index is 11.5. The number of ether oxygens (including phenoxy) is 3. The quantitative estimate of drug-likeness (QED) is 0.176. The lowest BCUT2D eigenvalue weighted by atomic mass is 9.96. The van der Waals surface area contributed by atoms with Gasteiger partial charge in [0, 0.05) is 0 Å². The predicted octanol–water partition coefficient (Wildman–Crippen LogP) is -4.88. The molecule has 2 fully saturated rings. The molecule has 0 aromatic carbocycles. The minimum Gasteiger partial charge on any atom is -0.394 e. The van der Waals surface area contributed by atoms with Crippen LogP contribution in [0.15, 0.2) is 0 Å². The van der Waals surface area contributed by atoms with Gasteiger partial charge in [-0.15, -0.1) is 0 Å². The highest BCUT2D eigenvalue weighted by Crippen LogP contribution is 2.28. The third kappa shape index (κ3) is 4.94. The van der Waals surface area contributed by atoms with Gasteiger partial charge in [-0.05, 0) is 0 Å². The first-order valence-corrected chi connectivity index (χ1v) is 9.31. The van der Waals surface area contributed by atoms with E-state index in [1.807, 2.05) is 0 Å². The monoisotopic (exact) mass is 461 g/mol. The van der Waals surface area contributed by atoms with E-state index in [-0.39, 0.29) is 5.33 Å². The normalized spacial score (nSPS) is 45.5. The number of halogens is 1. The molecule has 0 aromatic heterocycles. The van der Waals surface area contributed by atoms with Gasteiger partial charge in [0.1, 0.15) is 48.8 Å². The third-order valence-corrected chi connectivity index (χ3v) is 4.94. The van der Waals surface area contributed by atoms with Gasteiger partial charge in [-0.1, -0.05) is 15.9 Å². The first-order chi connectivity index (χ1) is 12.7. The highest BCUT2D eigenvalue weighted by atomic mass is 79.9.